The summed E-state index contributed by atoms with van der Waals surface area (Å²) in [7, 11) is 0. The van der Waals surface area contributed by atoms with Crippen molar-refractivity contribution < 1.29 is 4.79 Å². The molecule has 0 aliphatic carbocycles. The fraction of sp³-hybridized carbons (Fsp3) is 0.0400. The molecule has 0 bridgehead atoms. The molecule has 1 heterocycles. The first kappa shape index (κ1) is 22.1. The van der Waals surface area contributed by atoms with Crippen LogP contribution < -0.4 is 11.1 Å². The van der Waals surface area contributed by atoms with Crippen LogP contribution in [-0.4, -0.2) is 15.6 Å². The Balaban J connectivity index is 1.74. The molecule has 4 nitrogen and oxygen atoms in total. The SMILES string of the molecule is Nc1c(C(=O)c2ccc(Cl)cc2)[nH]c(Nc2ccc(Cl)cc2)c1C(=S)Cc1ccccc1. The highest BCUT2D eigenvalue weighted by Gasteiger charge is 2.24. The van der Waals surface area contributed by atoms with E-state index in [4.69, 9.17) is 41.2 Å². The standard InChI is InChI=1S/C25H19Cl2N3OS/c26-17-8-6-16(7-9-17)24(31)23-22(28)21(20(32)14-15-4-2-1-3-5-15)25(30-23)29-19-12-10-18(27)11-13-19/h1-13,29-30H,14,28H2. The van der Waals surface area contributed by atoms with Crippen molar-refractivity contribution >= 4 is 63.3 Å². The van der Waals surface area contributed by atoms with Gasteiger partial charge in [0.2, 0.25) is 5.78 Å². The highest BCUT2D eigenvalue weighted by molar-refractivity contribution is 7.80. The molecule has 0 fully saturated rings. The number of nitrogens with two attached hydrogens (primary N) is 1. The van der Waals surface area contributed by atoms with Gasteiger partial charge in [-0.3, -0.25) is 4.79 Å². The zero-order valence-electron chi connectivity index (χ0n) is 16.9. The second kappa shape index (κ2) is 9.57. The number of H-pyrrole nitrogens is 1. The Bertz CT molecular complexity index is 1270. The normalized spacial score (nSPS) is 10.7. The van der Waals surface area contributed by atoms with Gasteiger partial charge in [0, 0.05) is 32.6 Å². The number of ketones is 1. The van der Waals surface area contributed by atoms with Crippen molar-refractivity contribution in [1.82, 2.24) is 4.98 Å². The molecule has 1 aromatic heterocycles. The zero-order chi connectivity index (χ0) is 22.7. The maximum Gasteiger partial charge on any atom is 0.211 e. The molecule has 0 spiro atoms. The van der Waals surface area contributed by atoms with Gasteiger partial charge in [0.1, 0.15) is 11.5 Å². The zero-order valence-corrected chi connectivity index (χ0v) is 19.2. The van der Waals surface area contributed by atoms with Crippen molar-refractivity contribution in [1.29, 1.82) is 0 Å². The Kier molecular flexibility index (Phi) is 6.61. The minimum Gasteiger partial charge on any atom is -0.396 e. The van der Waals surface area contributed by atoms with Crippen LogP contribution in [-0.2, 0) is 6.42 Å². The lowest BCUT2D eigenvalue weighted by Crippen LogP contribution is -2.08. The molecule has 0 saturated carbocycles. The van der Waals surface area contributed by atoms with Gasteiger partial charge in [-0.05, 0) is 54.1 Å². The highest BCUT2D eigenvalue weighted by Crippen LogP contribution is 2.32. The Morgan fingerprint density at radius 3 is 2.12 bits per heavy atom. The molecular weight excluding hydrogens is 461 g/mol. The van der Waals surface area contributed by atoms with E-state index in [0.717, 1.165) is 11.3 Å². The van der Waals surface area contributed by atoms with Gasteiger partial charge in [-0.2, -0.15) is 0 Å². The van der Waals surface area contributed by atoms with Gasteiger partial charge in [0.05, 0.1) is 11.3 Å². The van der Waals surface area contributed by atoms with Crippen LogP contribution in [0.15, 0.2) is 78.9 Å². The van der Waals surface area contributed by atoms with Crippen LogP contribution in [0.4, 0.5) is 17.2 Å². The number of hydrogen-bond acceptors (Lipinski definition) is 4. The highest BCUT2D eigenvalue weighted by atomic mass is 35.5. The first-order chi connectivity index (χ1) is 15.4. The van der Waals surface area contributed by atoms with E-state index in [2.05, 4.69) is 10.3 Å². The largest absolute Gasteiger partial charge is 0.396 e. The number of carbonyl (C=O) groups is 1. The molecule has 4 aromatic rings. The van der Waals surface area contributed by atoms with E-state index in [1.165, 1.54) is 0 Å². The number of anilines is 3. The summed E-state index contributed by atoms with van der Waals surface area (Å²) in [5, 5.41) is 4.46. The first-order valence-corrected chi connectivity index (χ1v) is 11.0. The van der Waals surface area contributed by atoms with Crippen molar-refractivity contribution in [3.63, 3.8) is 0 Å². The van der Waals surface area contributed by atoms with Crippen LogP contribution in [0.25, 0.3) is 0 Å². The topological polar surface area (TPSA) is 70.9 Å². The molecule has 4 rings (SSSR count). The molecule has 7 heteroatoms. The summed E-state index contributed by atoms with van der Waals surface area (Å²) in [5.41, 5.74) is 9.98. The lowest BCUT2D eigenvalue weighted by Gasteiger charge is -2.10. The molecule has 0 atom stereocenters. The van der Waals surface area contributed by atoms with Gasteiger partial charge in [0.25, 0.3) is 0 Å². The summed E-state index contributed by atoms with van der Waals surface area (Å²) < 4.78 is 0. The molecule has 3 aromatic carbocycles. The Morgan fingerprint density at radius 1 is 0.906 bits per heavy atom. The lowest BCUT2D eigenvalue weighted by atomic mass is 10.0. The minimum atomic E-state index is -0.243. The maximum absolute atomic E-state index is 13.2. The van der Waals surface area contributed by atoms with Gasteiger partial charge >= 0.3 is 0 Å². The maximum atomic E-state index is 13.2. The number of carbonyl (C=O) groups excluding carboxylic acids is 1. The van der Waals surface area contributed by atoms with Crippen molar-refractivity contribution in [3.8, 4) is 0 Å². The summed E-state index contributed by atoms with van der Waals surface area (Å²) in [6.45, 7) is 0. The van der Waals surface area contributed by atoms with Gasteiger partial charge in [-0.15, -0.1) is 0 Å². The molecule has 0 aliphatic heterocycles. The Hall–Kier alpha value is -3.12. The van der Waals surface area contributed by atoms with Gasteiger partial charge < -0.3 is 16.0 Å². The third-order valence-corrected chi connectivity index (χ3v) is 5.82. The van der Waals surface area contributed by atoms with Crippen LogP contribution >= 0.6 is 35.4 Å². The van der Waals surface area contributed by atoms with Crippen LogP contribution in [0, 0.1) is 0 Å². The van der Waals surface area contributed by atoms with E-state index >= 15 is 0 Å². The molecule has 0 unspecified atom stereocenters. The lowest BCUT2D eigenvalue weighted by molar-refractivity contribution is 0.103. The van der Waals surface area contributed by atoms with Crippen LogP contribution in [0.3, 0.4) is 0 Å². The summed E-state index contributed by atoms with van der Waals surface area (Å²) in [4.78, 5) is 17.0. The van der Waals surface area contributed by atoms with Crippen molar-refractivity contribution in [2.45, 2.75) is 6.42 Å². The molecular formula is C25H19Cl2N3OS. The number of benzene rings is 3. The van der Waals surface area contributed by atoms with Crippen LogP contribution in [0.1, 0.15) is 27.2 Å². The molecule has 160 valence electrons. The van der Waals surface area contributed by atoms with E-state index in [9.17, 15) is 4.79 Å². The fourth-order valence-electron chi connectivity index (χ4n) is 3.37. The third kappa shape index (κ3) is 4.86. The smallest absolute Gasteiger partial charge is 0.211 e. The van der Waals surface area contributed by atoms with Crippen molar-refractivity contribution in [2.75, 3.05) is 11.1 Å². The van der Waals surface area contributed by atoms with Crippen LogP contribution in [0.2, 0.25) is 10.0 Å². The number of nitrogens with one attached hydrogen (secondary N) is 2. The summed E-state index contributed by atoms with van der Waals surface area (Å²) >= 11 is 17.7. The third-order valence-electron chi connectivity index (χ3n) is 4.97. The van der Waals surface area contributed by atoms with E-state index in [1.807, 2.05) is 42.5 Å². The number of rotatable bonds is 7. The molecule has 0 saturated heterocycles. The Labute approximate surface area is 201 Å². The van der Waals surface area contributed by atoms with Gasteiger partial charge in [-0.25, -0.2) is 0 Å². The number of nitrogen functional groups attached to an aromatic ring is 1. The van der Waals surface area contributed by atoms with E-state index in [1.54, 1.807) is 36.4 Å². The average molecular weight is 480 g/mol. The number of halogens is 2. The van der Waals surface area contributed by atoms with Crippen molar-refractivity contribution in [2.24, 2.45) is 0 Å². The predicted molar refractivity (Wildman–Crippen MR) is 137 cm³/mol. The van der Waals surface area contributed by atoms with E-state index in [-0.39, 0.29) is 11.5 Å². The predicted octanol–water partition coefficient (Wildman–Crippen LogP) is 6.84. The number of thiocarbonyl (C=S) groups is 1. The number of aromatic amines is 1. The fourth-order valence-corrected chi connectivity index (χ4v) is 4.00. The quantitative estimate of drug-likeness (QED) is 0.200. The van der Waals surface area contributed by atoms with E-state index in [0.29, 0.717) is 44.0 Å². The van der Waals surface area contributed by atoms with Gasteiger partial charge in [0.15, 0.2) is 0 Å². The summed E-state index contributed by atoms with van der Waals surface area (Å²) in [6.07, 6.45) is 0.516. The molecule has 4 N–H and O–H groups in total. The van der Waals surface area contributed by atoms with Crippen LogP contribution in [0.5, 0.6) is 0 Å². The number of hydrogen-bond donors (Lipinski definition) is 3. The molecule has 32 heavy (non-hydrogen) atoms. The Morgan fingerprint density at radius 2 is 1.50 bits per heavy atom. The average Bonchev–Trinajstić information content (AvgIpc) is 3.11. The second-order valence-corrected chi connectivity index (χ2v) is 8.58. The summed E-state index contributed by atoms with van der Waals surface area (Å²) in [6, 6.07) is 23.8. The molecule has 0 aliphatic rings. The first-order valence-electron chi connectivity index (χ1n) is 9.84. The minimum absolute atomic E-state index is 0.243. The second-order valence-electron chi connectivity index (χ2n) is 7.22. The van der Waals surface area contributed by atoms with Gasteiger partial charge in [-0.1, -0.05) is 65.8 Å². The molecule has 0 radical (unpaired) electrons. The van der Waals surface area contributed by atoms with Crippen molar-refractivity contribution in [3.05, 3.63) is 111 Å². The number of aromatic nitrogens is 1. The molecule has 0 amide bonds. The monoisotopic (exact) mass is 479 g/mol. The van der Waals surface area contributed by atoms with E-state index < -0.39 is 0 Å². The summed E-state index contributed by atoms with van der Waals surface area (Å²) in [5.74, 6) is 0.315.